The van der Waals surface area contributed by atoms with Crippen LogP contribution in [0.5, 0.6) is 11.5 Å². The SMILES string of the molecule is CCOc1ccc(C(=O)OC)cc1OC(F)(F)F. The van der Waals surface area contributed by atoms with E-state index < -0.39 is 18.1 Å². The Hall–Kier alpha value is -1.92. The lowest BCUT2D eigenvalue weighted by atomic mass is 10.2. The van der Waals surface area contributed by atoms with E-state index in [0.717, 1.165) is 13.2 Å². The summed E-state index contributed by atoms with van der Waals surface area (Å²) in [6, 6.07) is 3.43. The van der Waals surface area contributed by atoms with Gasteiger partial charge in [-0.2, -0.15) is 0 Å². The van der Waals surface area contributed by atoms with Gasteiger partial charge in [-0.1, -0.05) is 0 Å². The van der Waals surface area contributed by atoms with Gasteiger partial charge >= 0.3 is 12.3 Å². The van der Waals surface area contributed by atoms with Crippen molar-refractivity contribution in [3.63, 3.8) is 0 Å². The van der Waals surface area contributed by atoms with Crippen LogP contribution in [0.2, 0.25) is 0 Å². The highest BCUT2D eigenvalue weighted by Crippen LogP contribution is 2.33. The maximum absolute atomic E-state index is 12.2. The Balaban J connectivity index is 3.11. The lowest BCUT2D eigenvalue weighted by Gasteiger charge is -2.14. The van der Waals surface area contributed by atoms with E-state index in [1.165, 1.54) is 12.1 Å². The number of carbonyl (C=O) groups excluding carboxylic acids is 1. The van der Waals surface area contributed by atoms with Crippen LogP contribution < -0.4 is 9.47 Å². The summed E-state index contributed by atoms with van der Waals surface area (Å²) in [6.45, 7) is 1.79. The van der Waals surface area contributed by atoms with Gasteiger partial charge in [-0.15, -0.1) is 13.2 Å². The smallest absolute Gasteiger partial charge is 0.490 e. The van der Waals surface area contributed by atoms with Gasteiger partial charge in [-0.25, -0.2) is 4.79 Å². The molecule has 1 aromatic rings. The van der Waals surface area contributed by atoms with Crippen molar-refractivity contribution in [3.8, 4) is 11.5 Å². The molecule has 0 bridgehead atoms. The zero-order chi connectivity index (χ0) is 13.8. The number of esters is 1. The standard InChI is InChI=1S/C11H11F3O4/c1-3-17-8-5-4-7(10(15)16-2)6-9(8)18-11(12,13)14/h4-6H,3H2,1-2H3. The molecule has 0 aliphatic rings. The normalized spacial score (nSPS) is 10.9. The minimum atomic E-state index is -4.86. The van der Waals surface area contributed by atoms with Gasteiger partial charge in [0.2, 0.25) is 0 Å². The molecule has 0 heterocycles. The van der Waals surface area contributed by atoms with Crippen LogP contribution in [0.1, 0.15) is 17.3 Å². The molecule has 100 valence electrons. The Morgan fingerprint density at radius 2 is 1.94 bits per heavy atom. The van der Waals surface area contributed by atoms with Crippen LogP contribution in [0.3, 0.4) is 0 Å². The minimum Gasteiger partial charge on any atom is -0.490 e. The molecule has 18 heavy (non-hydrogen) atoms. The summed E-state index contributed by atoms with van der Waals surface area (Å²) in [5.41, 5.74) is -0.0554. The molecule has 0 saturated heterocycles. The topological polar surface area (TPSA) is 44.8 Å². The summed E-state index contributed by atoms with van der Waals surface area (Å²) in [5.74, 6) is -1.43. The summed E-state index contributed by atoms with van der Waals surface area (Å²) in [5, 5.41) is 0. The van der Waals surface area contributed by atoms with Crippen molar-refractivity contribution in [2.45, 2.75) is 13.3 Å². The summed E-state index contributed by atoms with van der Waals surface area (Å²) in [6.07, 6.45) is -4.86. The first-order valence-corrected chi connectivity index (χ1v) is 4.98. The van der Waals surface area contributed by atoms with Gasteiger partial charge in [0, 0.05) is 0 Å². The van der Waals surface area contributed by atoms with Crippen molar-refractivity contribution in [2.75, 3.05) is 13.7 Å². The third-order valence-corrected chi connectivity index (χ3v) is 1.89. The third-order valence-electron chi connectivity index (χ3n) is 1.89. The Labute approximate surface area is 101 Å². The molecule has 0 aliphatic carbocycles. The van der Waals surface area contributed by atoms with E-state index in [9.17, 15) is 18.0 Å². The molecule has 4 nitrogen and oxygen atoms in total. The molecular formula is C11H11F3O4. The quantitative estimate of drug-likeness (QED) is 0.784. The fourth-order valence-corrected chi connectivity index (χ4v) is 1.23. The number of hydrogen-bond acceptors (Lipinski definition) is 4. The zero-order valence-electron chi connectivity index (χ0n) is 9.71. The van der Waals surface area contributed by atoms with Crippen LogP contribution in [0.4, 0.5) is 13.2 Å². The van der Waals surface area contributed by atoms with Gasteiger partial charge in [0.1, 0.15) is 0 Å². The number of alkyl halides is 3. The van der Waals surface area contributed by atoms with Crippen LogP contribution >= 0.6 is 0 Å². The predicted molar refractivity (Wildman–Crippen MR) is 55.6 cm³/mol. The molecule has 0 fully saturated rings. The van der Waals surface area contributed by atoms with Gasteiger partial charge in [-0.3, -0.25) is 0 Å². The van der Waals surface area contributed by atoms with Gasteiger partial charge in [0.25, 0.3) is 0 Å². The highest BCUT2D eigenvalue weighted by molar-refractivity contribution is 5.90. The van der Waals surface area contributed by atoms with E-state index in [1.54, 1.807) is 6.92 Å². The second kappa shape index (κ2) is 5.61. The minimum absolute atomic E-state index is 0.0554. The molecule has 0 spiro atoms. The molecule has 7 heteroatoms. The maximum atomic E-state index is 12.2. The molecule has 0 N–H and O–H groups in total. The number of methoxy groups -OCH3 is 1. The Morgan fingerprint density at radius 3 is 2.44 bits per heavy atom. The van der Waals surface area contributed by atoms with Gasteiger partial charge < -0.3 is 14.2 Å². The number of rotatable bonds is 4. The first kappa shape index (κ1) is 14.1. The van der Waals surface area contributed by atoms with Crippen molar-refractivity contribution in [1.82, 2.24) is 0 Å². The molecule has 0 aliphatic heterocycles. The van der Waals surface area contributed by atoms with Crippen LogP contribution in [0, 0.1) is 0 Å². The van der Waals surface area contributed by atoms with Crippen molar-refractivity contribution < 1.29 is 32.2 Å². The Kier molecular flexibility index (Phi) is 4.41. The first-order valence-electron chi connectivity index (χ1n) is 4.98. The maximum Gasteiger partial charge on any atom is 0.573 e. The second-order valence-corrected chi connectivity index (χ2v) is 3.13. The average molecular weight is 264 g/mol. The molecule has 1 aromatic carbocycles. The fourth-order valence-electron chi connectivity index (χ4n) is 1.23. The highest BCUT2D eigenvalue weighted by atomic mass is 19.4. The Morgan fingerprint density at radius 1 is 1.28 bits per heavy atom. The number of ether oxygens (including phenoxy) is 3. The number of benzene rings is 1. The molecular weight excluding hydrogens is 253 g/mol. The molecule has 1 rings (SSSR count). The number of hydrogen-bond donors (Lipinski definition) is 0. The van der Waals surface area contributed by atoms with E-state index >= 15 is 0 Å². The van der Waals surface area contributed by atoms with Crippen molar-refractivity contribution in [3.05, 3.63) is 23.8 Å². The van der Waals surface area contributed by atoms with E-state index in [4.69, 9.17) is 4.74 Å². The average Bonchev–Trinajstić information content (AvgIpc) is 2.28. The van der Waals surface area contributed by atoms with Crippen molar-refractivity contribution >= 4 is 5.97 Å². The summed E-state index contributed by atoms with van der Waals surface area (Å²) in [4.78, 5) is 11.2. The van der Waals surface area contributed by atoms with Crippen molar-refractivity contribution in [2.24, 2.45) is 0 Å². The summed E-state index contributed by atoms with van der Waals surface area (Å²) < 4.78 is 49.7. The predicted octanol–water partition coefficient (Wildman–Crippen LogP) is 2.77. The van der Waals surface area contributed by atoms with Crippen LogP contribution in [0.25, 0.3) is 0 Å². The van der Waals surface area contributed by atoms with Crippen LogP contribution in [0.15, 0.2) is 18.2 Å². The van der Waals surface area contributed by atoms with E-state index in [-0.39, 0.29) is 17.9 Å². The fraction of sp³-hybridized carbons (Fsp3) is 0.364. The summed E-state index contributed by atoms with van der Waals surface area (Å²) in [7, 11) is 1.13. The third kappa shape index (κ3) is 3.83. The van der Waals surface area contributed by atoms with Crippen molar-refractivity contribution in [1.29, 1.82) is 0 Å². The van der Waals surface area contributed by atoms with Crippen LogP contribution in [-0.2, 0) is 4.74 Å². The zero-order valence-corrected chi connectivity index (χ0v) is 9.71. The second-order valence-electron chi connectivity index (χ2n) is 3.13. The number of carbonyl (C=O) groups is 1. The van der Waals surface area contributed by atoms with Gasteiger partial charge in [0.15, 0.2) is 11.5 Å². The molecule has 0 saturated carbocycles. The molecule has 0 unspecified atom stereocenters. The molecule has 0 aromatic heterocycles. The van der Waals surface area contributed by atoms with Gasteiger partial charge in [-0.05, 0) is 25.1 Å². The molecule has 0 atom stereocenters. The van der Waals surface area contributed by atoms with Crippen LogP contribution in [-0.4, -0.2) is 26.0 Å². The number of halogens is 3. The lowest BCUT2D eigenvalue weighted by molar-refractivity contribution is -0.275. The van der Waals surface area contributed by atoms with E-state index in [2.05, 4.69) is 9.47 Å². The highest BCUT2D eigenvalue weighted by Gasteiger charge is 2.33. The van der Waals surface area contributed by atoms with E-state index in [0.29, 0.717) is 0 Å². The first-order chi connectivity index (χ1) is 8.37. The van der Waals surface area contributed by atoms with Gasteiger partial charge in [0.05, 0.1) is 19.3 Å². The monoisotopic (exact) mass is 264 g/mol. The lowest BCUT2D eigenvalue weighted by Crippen LogP contribution is -2.18. The molecule has 0 radical (unpaired) electrons. The largest absolute Gasteiger partial charge is 0.573 e. The molecule has 0 amide bonds. The van der Waals surface area contributed by atoms with E-state index in [1.807, 2.05) is 0 Å². The Bertz CT molecular complexity index is 429. The summed E-state index contributed by atoms with van der Waals surface area (Å²) >= 11 is 0.